The van der Waals surface area contributed by atoms with E-state index in [0.29, 0.717) is 12.2 Å². The lowest BCUT2D eigenvalue weighted by Gasteiger charge is -2.13. The van der Waals surface area contributed by atoms with Crippen LogP contribution >= 0.6 is 11.8 Å². The Balaban J connectivity index is 1.43. The molecule has 0 aliphatic carbocycles. The van der Waals surface area contributed by atoms with E-state index in [0.717, 1.165) is 27.5 Å². The predicted octanol–water partition coefficient (Wildman–Crippen LogP) is 4.25. The number of imide groups is 1. The van der Waals surface area contributed by atoms with Gasteiger partial charge in [0.25, 0.3) is 5.91 Å². The number of pyridine rings is 1. The fourth-order valence-electron chi connectivity index (χ4n) is 3.18. The van der Waals surface area contributed by atoms with Gasteiger partial charge in [-0.2, -0.15) is 0 Å². The average molecular weight is 420 g/mol. The lowest BCUT2D eigenvalue weighted by atomic mass is 10.1. The molecule has 3 amide bonds. The number of hydrogen-bond acceptors (Lipinski definition) is 5. The first kappa shape index (κ1) is 20.0. The molecule has 1 unspecified atom stereocenters. The van der Waals surface area contributed by atoms with Crippen molar-refractivity contribution in [2.45, 2.75) is 35.8 Å². The number of rotatable bonds is 7. The van der Waals surface area contributed by atoms with Crippen LogP contribution in [0.2, 0.25) is 0 Å². The monoisotopic (exact) mass is 419 g/mol. The Labute approximate surface area is 179 Å². The van der Waals surface area contributed by atoms with E-state index in [2.05, 4.69) is 46.8 Å². The first-order valence-electron chi connectivity index (χ1n) is 9.66. The number of hydrogen-bond donors (Lipinski definition) is 2. The molecule has 0 radical (unpaired) electrons. The average Bonchev–Trinajstić information content (AvgIpc) is 3.11. The van der Waals surface area contributed by atoms with E-state index in [9.17, 15) is 9.59 Å². The van der Waals surface area contributed by atoms with Crippen LogP contribution in [0.1, 0.15) is 29.7 Å². The zero-order chi connectivity index (χ0) is 20.9. The van der Waals surface area contributed by atoms with Gasteiger partial charge < -0.3 is 10.1 Å². The molecule has 1 aromatic heterocycles. The van der Waals surface area contributed by atoms with Crippen molar-refractivity contribution < 1.29 is 14.3 Å². The van der Waals surface area contributed by atoms with Gasteiger partial charge in [0.15, 0.2) is 0 Å². The van der Waals surface area contributed by atoms with Crippen LogP contribution in [0.3, 0.4) is 0 Å². The molecule has 6 nitrogen and oxygen atoms in total. The fourth-order valence-corrected chi connectivity index (χ4v) is 4.12. The maximum absolute atomic E-state index is 12.0. The molecular weight excluding hydrogens is 398 g/mol. The molecule has 2 heterocycles. The summed E-state index contributed by atoms with van der Waals surface area (Å²) in [5, 5.41) is 4.88. The Hall–Kier alpha value is -3.32. The second kappa shape index (κ2) is 9.00. The molecule has 1 aliphatic heterocycles. The van der Waals surface area contributed by atoms with Crippen molar-refractivity contribution in [1.29, 1.82) is 0 Å². The number of benzene rings is 2. The van der Waals surface area contributed by atoms with Gasteiger partial charge in [0, 0.05) is 27.7 Å². The van der Waals surface area contributed by atoms with Gasteiger partial charge in [-0.1, -0.05) is 43.0 Å². The molecule has 1 atom stereocenters. The number of carbonyl (C=O) groups excluding carboxylic acids is 2. The normalized spacial score (nSPS) is 15.6. The number of amides is 3. The van der Waals surface area contributed by atoms with E-state index in [1.54, 1.807) is 12.4 Å². The molecule has 3 aromatic rings. The molecule has 2 aromatic carbocycles. The molecular formula is C23H21N3O3S. The SMILES string of the molecule is CCc1cccc(COc2ccc(Sc3ccncc3C3NC(=O)NC3=O)cc2)c1. The summed E-state index contributed by atoms with van der Waals surface area (Å²) in [6.07, 6.45) is 4.28. The van der Waals surface area contributed by atoms with Crippen molar-refractivity contribution >= 4 is 23.7 Å². The fraction of sp³-hybridized carbons (Fsp3) is 0.174. The second-order valence-electron chi connectivity index (χ2n) is 6.84. The molecule has 0 spiro atoms. The highest BCUT2D eigenvalue weighted by Crippen LogP contribution is 2.34. The summed E-state index contributed by atoms with van der Waals surface area (Å²) in [6, 6.07) is 16.8. The van der Waals surface area contributed by atoms with Gasteiger partial charge in [-0.3, -0.25) is 15.1 Å². The molecule has 4 rings (SSSR count). The lowest BCUT2D eigenvalue weighted by Crippen LogP contribution is -2.22. The maximum Gasteiger partial charge on any atom is 0.322 e. The van der Waals surface area contributed by atoms with Gasteiger partial charge in [0.2, 0.25) is 0 Å². The summed E-state index contributed by atoms with van der Waals surface area (Å²) in [7, 11) is 0. The minimum atomic E-state index is -0.727. The van der Waals surface area contributed by atoms with E-state index in [1.165, 1.54) is 17.3 Å². The number of nitrogens with one attached hydrogen (secondary N) is 2. The molecule has 2 N–H and O–H groups in total. The third kappa shape index (κ3) is 4.63. The van der Waals surface area contributed by atoms with Crippen LogP contribution in [-0.2, 0) is 17.8 Å². The van der Waals surface area contributed by atoms with Crippen molar-refractivity contribution in [3.05, 3.63) is 83.7 Å². The minimum Gasteiger partial charge on any atom is -0.489 e. The highest BCUT2D eigenvalue weighted by atomic mass is 32.2. The Morgan fingerprint density at radius 3 is 2.60 bits per heavy atom. The summed E-state index contributed by atoms with van der Waals surface area (Å²) in [4.78, 5) is 29.4. The van der Waals surface area contributed by atoms with E-state index in [-0.39, 0.29) is 5.91 Å². The Morgan fingerprint density at radius 1 is 1.07 bits per heavy atom. The third-order valence-electron chi connectivity index (χ3n) is 4.75. The van der Waals surface area contributed by atoms with Gasteiger partial charge in [-0.05, 0) is 47.9 Å². The van der Waals surface area contributed by atoms with E-state index in [4.69, 9.17) is 4.74 Å². The lowest BCUT2D eigenvalue weighted by molar-refractivity contribution is -0.120. The van der Waals surface area contributed by atoms with Gasteiger partial charge in [0.1, 0.15) is 18.4 Å². The summed E-state index contributed by atoms with van der Waals surface area (Å²) < 4.78 is 5.91. The van der Waals surface area contributed by atoms with Gasteiger partial charge in [-0.25, -0.2) is 4.79 Å². The zero-order valence-corrected chi connectivity index (χ0v) is 17.2. The van der Waals surface area contributed by atoms with Crippen LogP contribution in [0.15, 0.2) is 76.8 Å². The van der Waals surface area contributed by atoms with E-state index < -0.39 is 12.1 Å². The number of urea groups is 1. The highest BCUT2D eigenvalue weighted by Gasteiger charge is 2.32. The number of nitrogens with zero attached hydrogens (tertiary/aromatic N) is 1. The maximum atomic E-state index is 12.0. The Bertz CT molecular complexity index is 1070. The van der Waals surface area contributed by atoms with E-state index in [1.807, 2.05) is 30.3 Å². The van der Waals surface area contributed by atoms with Crippen LogP contribution in [0.5, 0.6) is 5.75 Å². The number of aryl methyl sites for hydroxylation is 1. The number of ether oxygens (including phenoxy) is 1. The molecule has 1 fully saturated rings. The predicted molar refractivity (Wildman–Crippen MR) is 114 cm³/mol. The topological polar surface area (TPSA) is 80.3 Å². The molecule has 7 heteroatoms. The Morgan fingerprint density at radius 2 is 1.87 bits per heavy atom. The van der Waals surface area contributed by atoms with E-state index >= 15 is 0 Å². The van der Waals surface area contributed by atoms with Crippen molar-refractivity contribution in [3.63, 3.8) is 0 Å². The molecule has 1 aliphatic rings. The van der Waals surface area contributed by atoms with Crippen molar-refractivity contribution in [1.82, 2.24) is 15.6 Å². The van der Waals surface area contributed by atoms with Crippen LogP contribution in [0.25, 0.3) is 0 Å². The molecule has 1 saturated heterocycles. The summed E-state index contributed by atoms with van der Waals surface area (Å²) in [5.41, 5.74) is 3.11. The van der Waals surface area contributed by atoms with Crippen LogP contribution in [0.4, 0.5) is 4.79 Å². The first-order chi connectivity index (χ1) is 14.6. The van der Waals surface area contributed by atoms with Crippen LogP contribution < -0.4 is 15.4 Å². The number of carbonyl (C=O) groups is 2. The zero-order valence-electron chi connectivity index (χ0n) is 16.4. The minimum absolute atomic E-state index is 0.370. The second-order valence-corrected chi connectivity index (χ2v) is 7.96. The molecule has 0 saturated carbocycles. The third-order valence-corrected chi connectivity index (χ3v) is 5.85. The standard InChI is InChI=1S/C23H21N3O3S/c1-2-15-4-3-5-16(12-15)14-29-17-6-8-18(9-7-17)30-20-10-11-24-13-19(20)21-22(27)26-23(28)25-21/h3-13,21H,2,14H2,1H3,(H2,25,26,27,28). The van der Waals surface area contributed by atoms with Crippen molar-refractivity contribution in [2.75, 3.05) is 0 Å². The largest absolute Gasteiger partial charge is 0.489 e. The quantitative estimate of drug-likeness (QED) is 0.560. The van der Waals surface area contributed by atoms with Crippen LogP contribution in [-0.4, -0.2) is 16.9 Å². The summed E-state index contributed by atoms with van der Waals surface area (Å²) >= 11 is 1.51. The summed E-state index contributed by atoms with van der Waals surface area (Å²) in [5.74, 6) is 0.421. The smallest absolute Gasteiger partial charge is 0.322 e. The molecule has 0 bridgehead atoms. The summed E-state index contributed by atoms with van der Waals surface area (Å²) in [6.45, 7) is 2.66. The van der Waals surface area contributed by atoms with Crippen molar-refractivity contribution in [3.8, 4) is 5.75 Å². The molecule has 152 valence electrons. The van der Waals surface area contributed by atoms with Gasteiger partial charge >= 0.3 is 6.03 Å². The Kier molecular flexibility index (Phi) is 5.99. The highest BCUT2D eigenvalue weighted by molar-refractivity contribution is 7.99. The van der Waals surface area contributed by atoms with Gasteiger partial charge in [-0.15, -0.1) is 0 Å². The first-order valence-corrected chi connectivity index (χ1v) is 10.5. The number of aromatic nitrogens is 1. The van der Waals surface area contributed by atoms with Gasteiger partial charge in [0.05, 0.1) is 0 Å². The molecule has 30 heavy (non-hydrogen) atoms. The van der Waals surface area contributed by atoms with Crippen molar-refractivity contribution in [2.24, 2.45) is 0 Å². The van der Waals surface area contributed by atoms with Crippen LogP contribution in [0, 0.1) is 0 Å².